The number of carbonyl (C=O) groups is 2. The fourth-order valence-corrected chi connectivity index (χ4v) is 2.84. The van der Waals surface area contributed by atoms with Crippen LogP contribution in [0.5, 0.6) is 11.5 Å². The molecule has 3 rings (SSSR count). The lowest BCUT2D eigenvalue weighted by Gasteiger charge is -2.19. The van der Waals surface area contributed by atoms with Gasteiger partial charge in [-0.25, -0.2) is 5.01 Å². The standard InChI is InChI=1S/C17H21N3O4/c1-4-23-15-8-11-7-10(2)24-14(11)9-13(15)18-17(22)12-5-6-16(21)20(3)19-12/h8-10H,4-7H2,1-3H3,(H,18,22). The van der Waals surface area contributed by atoms with Crippen molar-refractivity contribution in [3.05, 3.63) is 17.7 Å². The fraction of sp³-hybridized carbons (Fsp3) is 0.471. The van der Waals surface area contributed by atoms with Crippen LogP contribution in [-0.2, 0) is 16.0 Å². The summed E-state index contributed by atoms with van der Waals surface area (Å²) in [6.45, 7) is 4.39. The summed E-state index contributed by atoms with van der Waals surface area (Å²) in [5.74, 6) is 0.949. The van der Waals surface area contributed by atoms with Crippen LogP contribution in [0.2, 0.25) is 0 Å². The Balaban J connectivity index is 1.84. The first kappa shape index (κ1) is 16.3. The van der Waals surface area contributed by atoms with Gasteiger partial charge in [-0.2, -0.15) is 5.10 Å². The van der Waals surface area contributed by atoms with E-state index in [0.29, 0.717) is 30.2 Å². The van der Waals surface area contributed by atoms with Crippen LogP contribution in [0.25, 0.3) is 0 Å². The Morgan fingerprint density at radius 1 is 1.46 bits per heavy atom. The minimum Gasteiger partial charge on any atom is -0.492 e. The molecule has 0 radical (unpaired) electrons. The highest BCUT2D eigenvalue weighted by Crippen LogP contribution is 2.38. The summed E-state index contributed by atoms with van der Waals surface area (Å²) in [5, 5.41) is 8.07. The summed E-state index contributed by atoms with van der Waals surface area (Å²) in [5.41, 5.74) is 1.95. The molecule has 0 bridgehead atoms. The van der Waals surface area contributed by atoms with Gasteiger partial charge in [-0.3, -0.25) is 9.59 Å². The molecule has 1 aromatic rings. The zero-order valence-corrected chi connectivity index (χ0v) is 14.1. The van der Waals surface area contributed by atoms with Crippen LogP contribution in [0.15, 0.2) is 17.2 Å². The van der Waals surface area contributed by atoms with Gasteiger partial charge < -0.3 is 14.8 Å². The quantitative estimate of drug-likeness (QED) is 0.914. The Labute approximate surface area is 140 Å². The van der Waals surface area contributed by atoms with E-state index in [1.54, 1.807) is 13.1 Å². The molecule has 2 aliphatic heterocycles. The summed E-state index contributed by atoms with van der Waals surface area (Å²) in [6.07, 6.45) is 1.55. The molecular weight excluding hydrogens is 310 g/mol. The van der Waals surface area contributed by atoms with E-state index in [-0.39, 0.29) is 24.3 Å². The highest BCUT2D eigenvalue weighted by Gasteiger charge is 2.25. The SMILES string of the molecule is CCOc1cc2c(cc1NC(=O)C1=NN(C)C(=O)CC1)OC(C)C2. The second-order valence-corrected chi connectivity index (χ2v) is 5.94. The summed E-state index contributed by atoms with van der Waals surface area (Å²) < 4.78 is 11.4. The predicted octanol–water partition coefficient (Wildman–Crippen LogP) is 1.96. The number of fused-ring (bicyclic) bond motifs is 1. The third-order valence-electron chi connectivity index (χ3n) is 4.02. The third-order valence-corrected chi connectivity index (χ3v) is 4.02. The highest BCUT2D eigenvalue weighted by molar-refractivity contribution is 6.43. The molecule has 24 heavy (non-hydrogen) atoms. The molecule has 0 saturated heterocycles. The number of nitrogens with zero attached hydrogens (tertiary/aromatic N) is 2. The van der Waals surface area contributed by atoms with Crippen molar-refractivity contribution in [2.45, 2.75) is 39.2 Å². The maximum absolute atomic E-state index is 12.5. The van der Waals surface area contributed by atoms with Crippen molar-refractivity contribution in [1.82, 2.24) is 5.01 Å². The number of anilines is 1. The molecule has 0 aliphatic carbocycles. The molecule has 128 valence electrons. The second-order valence-electron chi connectivity index (χ2n) is 5.94. The molecule has 2 aliphatic rings. The van der Waals surface area contributed by atoms with E-state index >= 15 is 0 Å². The zero-order chi connectivity index (χ0) is 17.3. The van der Waals surface area contributed by atoms with E-state index in [1.807, 2.05) is 19.9 Å². The summed E-state index contributed by atoms with van der Waals surface area (Å²) in [6, 6.07) is 3.70. The topological polar surface area (TPSA) is 80.2 Å². The molecule has 1 aromatic carbocycles. The largest absolute Gasteiger partial charge is 0.492 e. The number of benzene rings is 1. The first-order valence-corrected chi connectivity index (χ1v) is 8.09. The van der Waals surface area contributed by atoms with E-state index in [0.717, 1.165) is 17.7 Å². The van der Waals surface area contributed by atoms with Crippen molar-refractivity contribution >= 4 is 23.2 Å². The van der Waals surface area contributed by atoms with E-state index in [9.17, 15) is 9.59 Å². The molecule has 7 heteroatoms. The number of hydrogen-bond acceptors (Lipinski definition) is 5. The van der Waals surface area contributed by atoms with E-state index in [4.69, 9.17) is 9.47 Å². The smallest absolute Gasteiger partial charge is 0.271 e. The molecule has 0 aromatic heterocycles. The van der Waals surface area contributed by atoms with Crippen molar-refractivity contribution in [2.75, 3.05) is 19.0 Å². The zero-order valence-electron chi connectivity index (χ0n) is 14.1. The highest BCUT2D eigenvalue weighted by atomic mass is 16.5. The maximum atomic E-state index is 12.5. The van der Waals surface area contributed by atoms with Gasteiger partial charge in [0.1, 0.15) is 23.3 Å². The van der Waals surface area contributed by atoms with Crippen LogP contribution in [-0.4, -0.2) is 42.3 Å². The lowest BCUT2D eigenvalue weighted by atomic mass is 10.1. The third kappa shape index (κ3) is 3.20. The van der Waals surface area contributed by atoms with Crippen LogP contribution < -0.4 is 14.8 Å². The van der Waals surface area contributed by atoms with Crippen molar-refractivity contribution in [1.29, 1.82) is 0 Å². The summed E-state index contributed by atoms with van der Waals surface area (Å²) in [7, 11) is 1.55. The molecule has 1 N–H and O–H groups in total. The predicted molar refractivity (Wildman–Crippen MR) is 89.5 cm³/mol. The van der Waals surface area contributed by atoms with Gasteiger partial charge in [0.15, 0.2) is 0 Å². The molecular formula is C17H21N3O4. The first-order chi connectivity index (χ1) is 11.5. The molecule has 2 heterocycles. The Hall–Kier alpha value is -2.57. The Kier molecular flexibility index (Phi) is 4.42. The monoisotopic (exact) mass is 331 g/mol. The van der Waals surface area contributed by atoms with Crippen molar-refractivity contribution in [3.63, 3.8) is 0 Å². The van der Waals surface area contributed by atoms with Gasteiger partial charge >= 0.3 is 0 Å². The molecule has 0 spiro atoms. The van der Waals surface area contributed by atoms with Gasteiger partial charge in [0.25, 0.3) is 5.91 Å². The number of rotatable bonds is 4. The number of carbonyl (C=O) groups excluding carboxylic acids is 2. The first-order valence-electron chi connectivity index (χ1n) is 8.09. The Morgan fingerprint density at radius 3 is 2.96 bits per heavy atom. The number of hydrogen-bond donors (Lipinski definition) is 1. The minimum atomic E-state index is -0.332. The van der Waals surface area contributed by atoms with Crippen LogP contribution in [0, 0.1) is 0 Å². The van der Waals surface area contributed by atoms with E-state index < -0.39 is 0 Å². The molecule has 0 fully saturated rings. The minimum absolute atomic E-state index is 0.0959. The van der Waals surface area contributed by atoms with E-state index in [2.05, 4.69) is 10.4 Å². The van der Waals surface area contributed by atoms with Gasteiger partial charge in [-0.15, -0.1) is 0 Å². The van der Waals surface area contributed by atoms with Gasteiger partial charge in [-0.05, 0) is 19.9 Å². The van der Waals surface area contributed by atoms with Crippen LogP contribution in [0.3, 0.4) is 0 Å². The van der Waals surface area contributed by atoms with Crippen LogP contribution in [0.1, 0.15) is 32.3 Å². The molecule has 1 unspecified atom stereocenters. The fourth-order valence-electron chi connectivity index (χ4n) is 2.84. The van der Waals surface area contributed by atoms with Gasteiger partial charge in [-0.1, -0.05) is 0 Å². The van der Waals surface area contributed by atoms with Crippen LogP contribution in [0.4, 0.5) is 5.69 Å². The number of hydrazone groups is 1. The van der Waals surface area contributed by atoms with Gasteiger partial charge in [0.05, 0.1) is 12.3 Å². The normalized spacial score (nSPS) is 19.5. The average Bonchev–Trinajstić information content (AvgIpc) is 2.89. The lowest BCUT2D eigenvalue weighted by Crippen LogP contribution is -2.34. The van der Waals surface area contributed by atoms with Crippen molar-refractivity contribution < 1.29 is 19.1 Å². The average molecular weight is 331 g/mol. The molecule has 0 saturated carbocycles. The summed E-state index contributed by atoms with van der Waals surface area (Å²) >= 11 is 0. The van der Waals surface area contributed by atoms with Gasteiger partial charge in [0, 0.05) is 37.9 Å². The Bertz CT molecular complexity index is 714. The molecule has 1 atom stereocenters. The second kappa shape index (κ2) is 6.51. The van der Waals surface area contributed by atoms with Crippen LogP contribution >= 0.6 is 0 Å². The number of nitrogens with one attached hydrogen (secondary N) is 1. The van der Waals surface area contributed by atoms with E-state index in [1.165, 1.54) is 5.01 Å². The number of amides is 2. The summed E-state index contributed by atoms with van der Waals surface area (Å²) in [4.78, 5) is 23.9. The lowest BCUT2D eigenvalue weighted by molar-refractivity contribution is -0.130. The molecule has 7 nitrogen and oxygen atoms in total. The Morgan fingerprint density at radius 2 is 2.25 bits per heavy atom. The number of ether oxygens (including phenoxy) is 2. The molecule has 2 amide bonds. The van der Waals surface area contributed by atoms with Gasteiger partial charge in [0.2, 0.25) is 5.91 Å². The maximum Gasteiger partial charge on any atom is 0.271 e. The van der Waals surface area contributed by atoms with Crippen molar-refractivity contribution in [3.8, 4) is 11.5 Å². The van der Waals surface area contributed by atoms with Crippen molar-refractivity contribution in [2.24, 2.45) is 5.10 Å².